The molecule has 0 aliphatic rings. The van der Waals surface area contributed by atoms with Crippen molar-refractivity contribution in [3.05, 3.63) is 72.9 Å². The maximum Gasteiger partial charge on any atom is 0.472 e. The maximum atomic E-state index is 12.6. The Balaban J connectivity index is 4.46. The molecular formula is C46H78NO10P. The van der Waals surface area contributed by atoms with E-state index in [0.717, 1.165) is 89.9 Å². The van der Waals surface area contributed by atoms with E-state index in [1.165, 1.54) is 38.5 Å². The normalized spacial score (nSPS) is 14.4. The van der Waals surface area contributed by atoms with Gasteiger partial charge >= 0.3 is 25.7 Å². The van der Waals surface area contributed by atoms with E-state index in [1.807, 2.05) is 0 Å². The molecule has 0 rings (SSSR count). The number of unbranched alkanes of at least 4 members (excludes halogenated alkanes) is 14. The number of nitrogens with two attached hydrogens (primary N) is 1. The fraction of sp³-hybridized carbons (Fsp3) is 0.674. The van der Waals surface area contributed by atoms with Gasteiger partial charge in [-0.3, -0.25) is 23.4 Å². The number of hydrogen-bond acceptors (Lipinski definition) is 9. The Kier molecular flexibility index (Phi) is 38.5. The minimum Gasteiger partial charge on any atom is -0.480 e. The van der Waals surface area contributed by atoms with Crippen LogP contribution in [0.5, 0.6) is 0 Å². The molecule has 0 fully saturated rings. The van der Waals surface area contributed by atoms with Gasteiger partial charge in [-0.05, 0) is 83.5 Å². The number of carbonyl (C=O) groups is 3. The molecule has 4 N–H and O–H groups in total. The summed E-state index contributed by atoms with van der Waals surface area (Å²) < 4.78 is 32.7. The minimum atomic E-state index is -4.73. The second-order valence-electron chi connectivity index (χ2n) is 14.4. The van der Waals surface area contributed by atoms with Crippen LogP contribution in [0, 0.1) is 0 Å². The number of aliphatic carboxylic acids is 1. The molecule has 0 aromatic carbocycles. The number of phosphoric acid groups is 1. The highest BCUT2D eigenvalue weighted by Crippen LogP contribution is 2.43. The van der Waals surface area contributed by atoms with Gasteiger partial charge in [0.05, 0.1) is 13.2 Å². The Morgan fingerprint density at radius 1 is 0.552 bits per heavy atom. The second-order valence-corrected chi connectivity index (χ2v) is 15.9. The van der Waals surface area contributed by atoms with Crippen molar-refractivity contribution in [3.8, 4) is 0 Å². The Morgan fingerprint density at radius 2 is 0.966 bits per heavy atom. The topological polar surface area (TPSA) is 172 Å². The fourth-order valence-corrected chi connectivity index (χ4v) is 6.27. The van der Waals surface area contributed by atoms with E-state index in [9.17, 15) is 23.8 Å². The second kappa shape index (κ2) is 40.7. The molecule has 58 heavy (non-hydrogen) atoms. The summed E-state index contributed by atoms with van der Waals surface area (Å²) >= 11 is 0. The highest BCUT2D eigenvalue weighted by molar-refractivity contribution is 7.47. The predicted molar refractivity (Wildman–Crippen MR) is 235 cm³/mol. The van der Waals surface area contributed by atoms with E-state index in [4.69, 9.17) is 24.8 Å². The zero-order valence-electron chi connectivity index (χ0n) is 35.9. The van der Waals surface area contributed by atoms with Crippen LogP contribution < -0.4 is 5.73 Å². The van der Waals surface area contributed by atoms with Crippen LogP contribution in [-0.2, 0) is 37.5 Å². The Labute approximate surface area is 350 Å². The van der Waals surface area contributed by atoms with Crippen LogP contribution >= 0.6 is 7.82 Å². The van der Waals surface area contributed by atoms with E-state index in [0.29, 0.717) is 12.8 Å². The zero-order valence-corrected chi connectivity index (χ0v) is 36.8. The van der Waals surface area contributed by atoms with Gasteiger partial charge in [0.25, 0.3) is 0 Å². The molecule has 332 valence electrons. The smallest absolute Gasteiger partial charge is 0.472 e. The molecule has 3 unspecified atom stereocenters. The molecule has 3 atom stereocenters. The third kappa shape index (κ3) is 39.7. The fourth-order valence-electron chi connectivity index (χ4n) is 5.50. The molecule has 0 saturated heterocycles. The van der Waals surface area contributed by atoms with Crippen LogP contribution in [0.3, 0.4) is 0 Å². The largest absolute Gasteiger partial charge is 0.480 e. The van der Waals surface area contributed by atoms with Crippen LogP contribution in [0.2, 0.25) is 0 Å². The number of phosphoric ester groups is 1. The van der Waals surface area contributed by atoms with Crippen molar-refractivity contribution in [1.82, 2.24) is 0 Å². The number of rotatable bonds is 40. The van der Waals surface area contributed by atoms with Crippen LogP contribution in [0.25, 0.3) is 0 Å². The van der Waals surface area contributed by atoms with Crippen molar-refractivity contribution >= 4 is 25.7 Å². The molecule has 11 nitrogen and oxygen atoms in total. The van der Waals surface area contributed by atoms with Gasteiger partial charge in [-0.25, -0.2) is 4.57 Å². The van der Waals surface area contributed by atoms with E-state index >= 15 is 0 Å². The summed E-state index contributed by atoms with van der Waals surface area (Å²) in [5.41, 5.74) is 5.33. The van der Waals surface area contributed by atoms with Gasteiger partial charge in [0.2, 0.25) is 0 Å². The van der Waals surface area contributed by atoms with Gasteiger partial charge in [0.1, 0.15) is 12.6 Å². The highest BCUT2D eigenvalue weighted by Gasteiger charge is 2.28. The maximum absolute atomic E-state index is 12.6. The SMILES string of the molecule is CC/C=C\C/C=C\C/C=C\C/C=C\C/C=C\CCCCCC(=O)OC(COC(=O)CCCCCCC/C=C\CCCCCCCC)COP(=O)(O)OCC(N)C(=O)O. The third-order valence-corrected chi connectivity index (χ3v) is 9.89. The van der Waals surface area contributed by atoms with Gasteiger partial charge in [0.15, 0.2) is 6.10 Å². The molecule has 0 amide bonds. The van der Waals surface area contributed by atoms with E-state index in [1.54, 1.807) is 0 Å². The van der Waals surface area contributed by atoms with Crippen molar-refractivity contribution in [2.75, 3.05) is 19.8 Å². The number of carboxylic acid groups (broad SMARTS) is 1. The van der Waals surface area contributed by atoms with Gasteiger partial charge < -0.3 is 25.2 Å². The quantitative estimate of drug-likeness (QED) is 0.0232. The monoisotopic (exact) mass is 836 g/mol. The van der Waals surface area contributed by atoms with Crippen LogP contribution in [0.15, 0.2) is 72.9 Å². The molecular weight excluding hydrogens is 757 g/mol. The number of carbonyl (C=O) groups excluding carboxylic acids is 2. The minimum absolute atomic E-state index is 0.117. The van der Waals surface area contributed by atoms with Crippen molar-refractivity contribution in [1.29, 1.82) is 0 Å². The summed E-state index contributed by atoms with van der Waals surface area (Å²) in [5, 5.41) is 8.89. The van der Waals surface area contributed by atoms with Crippen LogP contribution in [-0.4, -0.2) is 59.9 Å². The Hall–Kier alpha value is -3.08. The first-order chi connectivity index (χ1) is 28.1. The summed E-state index contributed by atoms with van der Waals surface area (Å²) in [6, 6.07) is -1.53. The first-order valence-corrected chi connectivity index (χ1v) is 23.5. The number of allylic oxidation sites excluding steroid dienone is 12. The number of carboxylic acids is 1. The lowest BCUT2D eigenvalue weighted by atomic mass is 10.1. The van der Waals surface area contributed by atoms with Gasteiger partial charge in [0, 0.05) is 12.8 Å². The number of esters is 2. The highest BCUT2D eigenvalue weighted by atomic mass is 31.2. The summed E-state index contributed by atoms with van der Waals surface area (Å²) in [4.78, 5) is 46.0. The summed E-state index contributed by atoms with van der Waals surface area (Å²) in [6.07, 6.45) is 48.2. The molecule has 0 aliphatic heterocycles. The first kappa shape index (κ1) is 54.9. The summed E-state index contributed by atoms with van der Waals surface area (Å²) in [7, 11) is -4.73. The Bertz CT molecular complexity index is 1260. The number of hydrogen-bond donors (Lipinski definition) is 3. The first-order valence-electron chi connectivity index (χ1n) is 22.0. The number of ether oxygens (including phenoxy) is 2. The zero-order chi connectivity index (χ0) is 42.8. The molecule has 0 heterocycles. The van der Waals surface area contributed by atoms with Crippen molar-refractivity contribution in [2.45, 2.75) is 180 Å². The molecule has 12 heteroatoms. The molecule has 0 saturated carbocycles. The third-order valence-electron chi connectivity index (χ3n) is 8.94. The van der Waals surface area contributed by atoms with E-state index in [2.05, 4.69) is 91.3 Å². The molecule has 0 aromatic rings. The summed E-state index contributed by atoms with van der Waals surface area (Å²) in [6.45, 7) is 2.63. The summed E-state index contributed by atoms with van der Waals surface area (Å²) in [5.74, 6) is -2.44. The lowest BCUT2D eigenvalue weighted by molar-refractivity contribution is -0.161. The molecule has 0 radical (unpaired) electrons. The standard InChI is InChI=1S/C46H78NO10P/c1-3-5-7-9-11-13-15-17-19-20-21-22-24-26-28-30-32-34-36-38-45(49)57-42(40-55-58(52,53)56-41-43(47)46(50)51)39-54-44(48)37-35-33-31-29-27-25-23-18-16-14-12-10-8-6-4-2/h5,7,11,13,17-19,21-23,26,28,42-43H,3-4,6,8-10,12,14-16,20,24-25,27,29-41,47H2,1-2H3,(H,50,51)(H,52,53)/b7-5-,13-11-,19-17-,22-21-,23-18-,28-26-. The molecule has 0 spiro atoms. The molecule has 0 aliphatic carbocycles. The molecule has 0 bridgehead atoms. The van der Waals surface area contributed by atoms with Crippen LogP contribution in [0.1, 0.15) is 168 Å². The van der Waals surface area contributed by atoms with E-state index < -0.39 is 51.1 Å². The van der Waals surface area contributed by atoms with Gasteiger partial charge in [-0.2, -0.15) is 0 Å². The van der Waals surface area contributed by atoms with Gasteiger partial charge in [-0.15, -0.1) is 0 Å². The predicted octanol–water partition coefficient (Wildman–Crippen LogP) is 11.7. The van der Waals surface area contributed by atoms with Crippen LogP contribution in [0.4, 0.5) is 0 Å². The lowest BCUT2D eigenvalue weighted by Crippen LogP contribution is -2.34. The van der Waals surface area contributed by atoms with Crippen molar-refractivity contribution in [2.24, 2.45) is 5.73 Å². The average molecular weight is 836 g/mol. The van der Waals surface area contributed by atoms with Crippen molar-refractivity contribution < 1.29 is 47.5 Å². The van der Waals surface area contributed by atoms with E-state index in [-0.39, 0.29) is 19.4 Å². The van der Waals surface area contributed by atoms with Crippen molar-refractivity contribution in [3.63, 3.8) is 0 Å². The molecule has 0 aromatic heterocycles. The lowest BCUT2D eigenvalue weighted by Gasteiger charge is -2.20. The van der Waals surface area contributed by atoms with Gasteiger partial charge in [-0.1, -0.05) is 145 Å². The average Bonchev–Trinajstić information content (AvgIpc) is 3.20. The Morgan fingerprint density at radius 3 is 1.48 bits per heavy atom.